The lowest BCUT2D eigenvalue weighted by Gasteiger charge is -2.08. The molecule has 1 N–H and O–H groups in total. The van der Waals surface area contributed by atoms with Gasteiger partial charge in [-0.15, -0.1) is 0 Å². The Balaban J connectivity index is 1.66. The summed E-state index contributed by atoms with van der Waals surface area (Å²) in [5.41, 5.74) is 1.23. The molecule has 0 amide bonds. The molecule has 0 saturated carbocycles. The van der Waals surface area contributed by atoms with E-state index in [2.05, 4.69) is 5.32 Å². The molecule has 1 aliphatic rings. The summed E-state index contributed by atoms with van der Waals surface area (Å²) in [6, 6.07) is 9.76. The van der Waals surface area contributed by atoms with Gasteiger partial charge in [-0.05, 0) is 12.1 Å². The van der Waals surface area contributed by atoms with E-state index in [0.717, 1.165) is 11.6 Å². The average Bonchev–Trinajstić information content (AvgIpc) is 2.93. The fourth-order valence-electron chi connectivity index (χ4n) is 2.15. The standard InChI is InChI=1S/C15H13F2NO2/c16-12-5-1-3-10(14(12)17)7-18-8-11-4-2-6-13-15(11)20-9-19-13/h1-6,18H,7-9H2. The van der Waals surface area contributed by atoms with Gasteiger partial charge in [-0.1, -0.05) is 24.3 Å². The van der Waals surface area contributed by atoms with E-state index in [-0.39, 0.29) is 13.3 Å². The number of hydrogen-bond donors (Lipinski definition) is 1. The molecule has 0 bridgehead atoms. The lowest BCUT2D eigenvalue weighted by Crippen LogP contribution is -2.14. The number of hydrogen-bond acceptors (Lipinski definition) is 3. The van der Waals surface area contributed by atoms with Crippen LogP contribution in [0.15, 0.2) is 36.4 Å². The summed E-state index contributed by atoms with van der Waals surface area (Å²) in [5.74, 6) is -0.222. The van der Waals surface area contributed by atoms with E-state index >= 15 is 0 Å². The van der Waals surface area contributed by atoms with Gasteiger partial charge in [0.1, 0.15) is 0 Å². The first-order valence-corrected chi connectivity index (χ1v) is 6.27. The largest absolute Gasteiger partial charge is 0.454 e. The molecule has 3 nitrogen and oxygen atoms in total. The number of ether oxygens (including phenoxy) is 2. The molecule has 0 atom stereocenters. The molecule has 0 aliphatic carbocycles. The zero-order valence-electron chi connectivity index (χ0n) is 10.7. The lowest BCUT2D eigenvalue weighted by molar-refractivity contribution is 0.173. The number of fused-ring (bicyclic) bond motifs is 1. The molecule has 0 spiro atoms. The molecule has 2 aromatic carbocycles. The van der Waals surface area contributed by atoms with Crippen molar-refractivity contribution in [3.8, 4) is 11.5 Å². The van der Waals surface area contributed by atoms with Crippen LogP contribution in [0.5, 0.6) is 11.5 Å². The number of nitrogens with one attached hydrogen (secondary N) is 1. The fourth-order valence-corrected chi connectivity index (χ4v) is 2.15. The van der Waals surface area contributed by atoms with Gasteiger partial charge in [-0.2, -0.15) is 0 Å². The third-order valence-corrected chi connectivity index (χ3v) is 3.14. The van der Waals surface area contributed by atoms with E-state index in [9.17, 15) is 8.78 Å². The van der Waals surface area contributed by atoms with Crippen LogP contribution in [0.2, 0.25) is 0 Å². The predicted octanol–water partition coefficient (Wildman–Crippen LogP) is 2.98. The lowest BCUT2D eigenvalue weighted by atomic mass is 10.1. The average molecular weight is 277 g/mol. The minimum Gasteiger partial charge on any atom is -0.454 e. The van der Waals surface area contributed by atoms with Gasteiger partial charge in [0, 0.05) is 24.2 Å². The highest BCUT2D eigenvalue weighted by Crippen LogP contribution is 2.35. The first-order chi connectivity index (χ1) is 9.75. The molecule has 0 saturated heterocycles. The maximum absolute atomic E-state index is 13.5. The summed E-state index contributed by atoms with van der Waals surface area (Å²) in [5, 5.41) is 3.07. The Morgan fingerprint density at radius 2 is 1.70 bits per heavy atom. The summed E-state index contributed by atoms with van der Waals surface area (Å²) < 4.78 is 37.2. The Morgan fingerprint density at radius 1 is 0.950 bits per heavy atom. The van der Waals surface area contributed by atoms with Crippen molar-refractivity contribution >= 4 is 0 Å². The van der Waals surface area contributed by atoms with Crippen LogP contribution >= 0.6 is 0 Å². The van der Waals surface area contributed by atoms with Crippen LogP contribution in [0.1, 0.15) is 11.1 Å². The summed E-state index contributed by atoms with van der Waals surface area (Å²) in [4.78, 5) is 0. The van der Waals surface area contributed by atoms with Gasteiger partial charge in [0.05, 0.1) is 0 Å². The third kappa shape index (κ3) is 2.44. The molecule has 0 unspecified atom stereocenters. The highest BCUT2D eigenvalue weighted by atomic mass is 19.2. The van der Waals surface area contributed by atoms with E-state index in [1.807, 2.05) is 18.2 Å². The van der Waals surface area contributed by atoms with Gasteiger partial charge in [0.25, 0.3) is 0 Å². The Morgan fingerprint density at radius 3 is 2.60 bits per heavy atom. The number of halogens is 2. The minimum absolute atomic E-state index is 0.213. The molecule has 0 radical (unpaired) electrons. The number of rotatable bonds is 4. The van der Waals surface area contributed by atoms with Crippen LogP contribution in [-0.4, -0.2) is 6.79 Å². The second-order valence-corrected chi connectivity index (χ2v) is 4.47. The SMILES string of the molecule is Fc1cccc(CNCc2cccc3c2OCO3)c1F. The zero-order valence-corrected chi connectivity index (χ0v) is 10.7. The van der Waals surface area contributed by atoms with Crippen molar-refractivity contribution in [2.45, 2.75) is 13.1 Å². The highest BCUT2D eigenvalue weighted by Gasteiger charge is 2.16. The number of para-hydroxylation sites is 1. The van der Waals surface area contributed by atoms with Gasteiger partial charge >= 0.3 is 0 Å². The summed E-state index contributed by atoms with van der Waals surface area (Å²) in [7, 11) is 0. The van der Waals surface area contributed by atoms with E-state index in [1.165, 1.54) is 6.07 Å². The van der Waals surface area contributed by atoms with Crippen LogP contribution in [-0.2, 0) is 13.1 Å². The number of benzene rings is 2. The Kier molecular flexibility index (Phi) is 3.52. The normalized spacial score (nSPS) is 12.7. The summed E-state index contributed by atoms with van der Waals surface area (Å²) in [6.07, 6.45) is 0. The Bertz CT molecular complexity index is 631. The van der Waals surface area contributed by atoms with Crippen molar-refractivity contribution in [3.05, 3.63) is 59.2 Å². The van der Waals surface area contributed by atoms with Crippen molar-refractivity contribution in [2.75, 3.05) is 6.79 Å². The van der Waals surface area contributed by atoms with Crippen molar-refractivity contribution in [1.82, 2.24) is 5.32 Å². The zero-order chi connectivity index (χ0) is 13.9. The van der Waals surface area contributed by atoms with Crippen LogP contribution in [0.25, 0.3) is 0 Å². The second-order valence-electron chi connectivity index (χ2n) is 4.47. The van der Waals surface area contributed by atoms with Crippen molar-refractivity contribution in [2.24, 2.45) is 0 Å². The quantitative estimate of drug-likeness (QED) is 0.932. The minimum atomic E-state index is -0.832. The van der Waals surface area contributed by atoms with Crippen LogP contribution in [0.4, 0.5) is 8.78 Å². The fraction of sp³-hybridized carbons (Fsp3) is 0.200. The van der Waals surface area contributed by atoms with Gasteiger partial charge in [0.15, 0.2) is 23.1 Å². The molecule has 5 heteroatoms. The molecule has 0 fully saturated rings. The molecular formula is C15H13F2NO2. The predicted molar refractivity (Wildman–Crippen MR) is 69.5 cm³/mol. The van der Waals surface area contributed by atoms with Crippen LogP contribution in [0.3, 0.4) is 0 Å². The topological polar surface area (TPSA) is 30.5 Å². The molecule has 20 heavy (non-hydrogen) atoms. The van der Waals surface area contributed by atoms with Crippen molar-refractivity contribution in [1.29, 1.82) is 0 Å². The first-order valence-electron chi connectivity index (χ1n) is 6.27. The van der Waals surface area contributed by atoms with Gasteiger partial charge in [0.2, 0.25) is 6.79 Å². The molecular weight excluding hydrogens is 264 g/mol. The molecule has 1 aliphatic heterocycles. The maximum Gasteiger partial charge on any atom is 0.231 e. The van der Waals surface area contributed by atoms with E-state index in [0.29, 0.717) is 23.6 Å². The van der Waals surface area contributed by atoms with Crippen LogP contribution in [0, 0.1) is 11.6 Å². The van der Waals surface area contributed by atoms with Gasteiger partial charge in [-0.25, -0.2) is 8.78 Å². The van der Waals surface area contributed by atoms with Gasteiger partial charge in [-0.3, -0.25) is 0 Å². The van der Waals surface area contributed by atoms with Crippen LogP contribution < -0.4 is 14.8 Å². The summed E-state index contributed by atoms with van der Waals surface area (Å²) >= 11 is 0. The van der Waals surface area contributed by atoms with Crippen molar-refractivity contribution < 1.29 is 18.3 Å². The Labute approximate surface area is 115 Å². The van der Waals surface area contributed by atoms with E-state index in [1.54, 1.807) is 6.07 Å². The van der Waals surface area contributed by atoms with E-state index < -0.39 is 11.6 Å². The van der Waals surface area contributed by atoms with E-state index in [4.69, 9.17) is 9.47 Å². The second kappa shape index (κ2) is 5.46. The monoisotopic (exact) mass is 277 g/mol. The smallest absolute Gasteiger partial charge is 0.231 e. The highest BCUT2D eigenvalue weighted by molar-refractivity contribution is 5.48. The summed E-state index contributed by atoms with van der Waals surface area (Å²) in [6.45, 7) is 0.946. The molecule has 3 rings (SSSR count). The Hall–Kier alpha value is -2.14. The van der Waals surface area contributed by atoms with Gasteiger partial charge < -0.3 is 14.8 Å². The molecule has 104 valence electrons. The first kappa shape index (κ1) is 12.9. The maximum atomic E-state index is 13.5. The third-order valence-electron chi connectivity index (χ3n) is 3.14. The molecule has 2 aromatic rings. The molecule has 0 aromatic heterocycles. The van der Waals surface area contributed by atoms with Crippen molar-refractivity contribution in [3.63, 3.8) is 0 Å². The molecule has 1 heterocycles.